The highest BCUT2D eigenvalue weighted by Gasteiger charge is 2.28. The molecule has 2 saturated heterocycles. The lowest BCUT2D eigenvalue weighted by molar-refractivity contribution is -0.126. The zero-order valence-electron chi connectivity index (χ0n) is 13.9. The van der Waals surface area contributed by atoms with Gasteiger partial charge in [-0.15, -0.1) is 0 Å². The number of nitrogens with one attached hydrogen (secondary N) is 3. The zero-order valence-corrected chi connectivity index (χ0v) is 13.9. The minimum Gasteiger partial charge on any atom is -0.354 e. The smallest absolute Gasteiger partial charge is 0.317 e. The molecule has 126 valence electrons. The van der Waals surface area contributed by atoms with Crippen molar-refractivity contribution in [2.45, 2.75) is 45.6 Å². The Kier molecular flexibility index (Phi) is 6.49. The Bertz CT molecular complexity index is 380. The van der Waals surface area contributed by atoms with E-state index in [1.807, 2.05) is 0 Å². The molecule has 2 aliphatic heterocycles. The van der Waals surface area contributed by atoms with Gasteiger partial charge in [0.1, 0.15) is 0 Å². The summed E-state index contributed by atoms with van der Waals surface area (Å²) in [6.07, 6.45) is 4.09. The van der Waals surface area contributed by atoms with Crippen molar-refractivity contribution in [3.05, 3.63) is 0 Å². The van der Waals surface area contributed by atoms with Crippen LogP contribution in [0.25, 0.3) is 0 Å². The predicted octanol–water partition coefficient (Wildman–Crippen LogP) is 0.932. The maximum absolute atomic E-state index is 12.3. The fourth-order valence-electron chi connectivity index (χ4n) is 3.08. The quantitative estimate of drug-likeness (QED) is 0.707. The van der Waals surface area contributed by atoms with E-state index in [0.29, 0.717) is 31.6 Å². The van der Waals surface area contributed by atoms with Gasteiger partial charge in [-0.3, -0.25) is 4.79 Å². The van der Waals surface area contributed by atoms with Gasteiger partial charge in [0.25, 0.3) is 0 Å². The first kappa shape index (κ1) is 17.1. The Morgan fingerprint density at radius 1 is 1.23 bits per heavy atom. The topological polar surface area (TPSA) is 73.5 Å². The molecule has 3 amide bonds. The minimum atomic E-state index is -0.0695. The molecule has 2 fully saturated rings. The Morgan fingerprint density at radius 3 is 2.73 bits per heavy atom. The van der Waals surface area contributed by atoms with Crippen molar-refractivity contribution in [1.82, 2.24) is 20.9 Å². The molecular weight excluding hydrogens is 280 g/mol. The second-order valence-electron chi connectivity index (χ2n) is 6.90. The van der Waals surface area contributed by atoms with Crippen LogP contribution in [0.4, 0.5) is 4.79 Å². The van der Waals surface area contributed by atoms with Crippen molar-refractivity contribution in [3.63, 3.8) is 0 Å². The second-order valence-corrected chi connectivity index (χ2v) is 6.90. The van der Waals surface area contributed by atoms with Crippen LogP contribution in [0.5, 0.6) is 0 Å². The van der Waals surface area contributed by atoms with Crippen LogP contribution < -0.4 is 16.0 Å². The van der Waals surface area contributed by atoms with Crippen molar-refractivity contribution in [2.24, 2.45) is 11.8 Å². The van der Waals surface area contributed by atoms with Crippen LogP contribution in [0, 0.1) is 11.8 Å². The first-order chi connectivity index (χ1) is 10.6. The lowest BCUT2D eigenvalue weighted by atomic mass is 9.97. The van der Waals surface area contributed by atoms with E-state index in [1.165, 1.54) is 6.42 Å². The molecule has 0 bridgehead atoms. The molecular formula is C16H30N4O2. The largest absolute Gasteiger partial charge is 0.354 e. The van der Waals surface area contributed by atoms with Crippen molar-refractivity contribution in [1.29, 1.82) is 0 Å². The van der Waals surface area contributed by atoms with Crippen LogP contribution in [0.1, 0.15) is 39.5 Å². The molecule has 0 aromatic carbocycles. The van der Waals surface area contributed by atoms with E-state index in [2.05, 4.69) is 29.8 Å². The number of likely N-dealkylation sites (tertiary alicyclic amines) is 1. The third-order valence-corrected chi connectivity index (χ3v) is 4.43. The van der Waals surface area contributed by atoms with Gasteiger partial charge in [-0.05, 0) is 38.1 Å². The van der Waals surface area contributed by atoms with Crippen LogP contribution in [-0.2, 0) is 4.79 Å². The van der Waals surface area contributed by atoms with Crippen LogP contribution >= 0.6 is 0 Å². The maximum atomic E-state index is 12.3. The van der Waals surface area contributed by atoms with Crippen LogP contribution in [-0.4, -0.2) is 55.6 Å². The van der Waals surface area contributed by atoms with Gasteiger partial charge in [-0.2, -0.15) is 0 Å². The third-order valence-electron chi connectivity index (χ3n) is 4.43. The molecule has 6 heteroatoms. The summed E-state index contributed by atoms with van der Waals surface area (Å²) < 4.78 is 0. The SMILES string of the molecule is CC(C)CNC(=O)N1CCCC(C(=O)NCC2CCCN2)C1. The number of hydrogen-bond donors (Lipinski definition) is 3. The van der Waals surface area contributed by atoms with Crippen molar-refractivity contribution < 1.29 is 9.59 Å². The van der Waals surface area contributed by atoms with Crippen molar-refractivity contribution in [3.8, 4) is 0 Å². The van der Waals surface area contributed by atoms with E-state index in [9.17, 15) is 9.59 Å². The molecule has 2 unspecified atom stereocenters. The molecule has 0 saturated carbocycles. The van der Waals surface area contributed by atoms with E-state index in [0.717, 1.165) is 32.4 Å². The summed E-state index contributed by atoms with van der Waals surface area (Å²) in [5, 5.41) is 9.36. The Hall–Kier alpha value is -1.30. The van der Waals surface area contributed by atoms with Gasteiger partial charge < -0.3 is 20.9 Å². The highest BCUT2D eigenvalue weighted by molar-refractivity contribution is 5.80. The van der Waals surface area contributed by atoms with Crippen LogP contribution in [0.2, 0.25) is 0 Å². The van der Waals surface area contributed by atoms with E-state index >= 15 is 0 Å². The summed E-state index contributed by atoms with van der Waals surface area (Å²) >= 11 is 0. The Labute approximate surface area is 133 Å². The molecule has 2 atom stereocenters. The third kappa shape index (κ3) is 5.16. The van der Waals surface area contributed by atoms with Crippen LogP contribution in [0.3, 0.4) is 0 Å². The first-order valence-electron chi connectivity index (χ1n) is 8.60. The van der Waals surface area contributed by atoms with Crippen molar-refractivity contribution in [2.75, 3.05) is 32.7 Å². The van der Waals surface area contributed by atoms with Gasteiger partial charge in [0.2, 0.25) is 5.91 Å². The lowest BCUT2D eigenvalue weighted by Gasteiger charge is -2.32. The van der Waals surface area contributed by atoms with Gasteiger partial charge in [-0.25, -0.2) is 4.79 Å². The molecule has 3 N–H and O–H groups in total. The number of piperidine rings is 1. The molecule has 0 aromatic heterocycles. The monoisotopic (exact) mass is 310 g/mol. The Morgan fingerprint density at radius 2 is 2.05 bits per heavy atom. The number of carbonyl (C=O) groups excluding carboxylic acids is 2. The van der Waals surface area contributed by atoms with Gasteiger partial charge in [0.05, 0.1) is 5.92 Å². The van der Waals surface area contributed by atoms with E-state index in [1.54, 1.807) is 4.90 Å². The molecule has 0 aliphatic carbocycles. The Balaban J connectivity index is 1.74. The fourth-order valence-corrected chi connectivity index (χ4v) is 3.08. The predicted molar refractivity (Wildman–Crippen MR) is 86.6 cm³/mol. The molecule has 2 heterocycles. The number of amides is 3. The molecule has 2 aliphatic rings. The highest BCUT2D eigenvalue weighted by atomic mass is 16.2. The molecule has 22 heavy (non-hydrogen) atoms. The normalized spacial score (nSPS) is 25.3. The van der Waals surface area contributed by atoms with Gasteiger partial charge in [0.15, 0.2) is 0 Å². The molecule has 0 spiro atoms. The highest BCUT2D eigenvalue weighted by Crippen LogP contribution is 2.17. The molecule has 6 nitrogen and oxygen atoms in total. The summed E-state index contributed by atoms with van der Waals surface area (Å²) in [6, 6.07) is 0.377. The summed E-state index contributed by atoms with van der Waals surface area (Å²) in [4.78, 5) is 26.2. The minimum absolute atomic E-state index is 0.0383. The number of carbonyl (C=O) groups is 2. The number of rotatable bonds is 5. The summed E-state index contributed by atoms with van der Waals surface area (Å²) in [5.41, 5.74) is 0. The first-order valence-corrected chi connectivity index (χ1v) is 8.60. The summed E-state index contributed by atoms with van der Waals surface area (Å²) in [5.74, 6) is 0.460. The average molecular weight is 310 g/mol. The van der Waals surface area contributed by atoms with E-state index in [4.69, 9.17) is 0 Å². The maximum Gasteiger partial charge on any atom is 0.317 e. The van der Waals surface area contributed by atoms with E-state index < -0.39 is 0 Å². The standard InChI is InChI=1S/C16H30N4O2/c1-12(2)9-19-16(22)20-8-4-5-13(11-20)15(21)18-10-14-6-3-7-17-14/h12-14,17H,3-11H2,1-2H3,(H,18,21)(H,19,22). The lowest BCUT2D eigenvalue weighted by Crippen LogP contribution is -2.50. The summed E-state index contributed by atoms with van der Waals surface area (Å²) in [7, 11) is 0. The van der Waals surface area contributed by atoms with Gasteiger partial charge in [0, 0.05) is 32.2 Å². The number of urea groups is 1. The average Bonchev–Trinajstić information content (AvgIpc) is 3.03. The number of hydrogen-bond acceptors (Lipinski definition) is 3. The van der Waals surface area contributed by atoms with Crippen molar-refractivity contribution >= 4 is 11.9 Å². The second kappa shape index (κ2) is 8.36. The molecule has 0 radical (unpaired) electrons. The van der Waals surface area contributed by atoms with Gasteiger partial charge >= 0.3 is 6.03 Å². The molecule has 2 rings (SSSR count). The molecule has 0 aromatic rings. The number of nitrogens with zero attached hydrogens (tertiary/aromatic N) is 1. The van der Waals surface area contributed by atoms with E-state index in [-0.39, 0.29) is 17.9 Å². The summed E-state index contributed by atoms with van der Waals surface area (Å²) in [6.45, 7) is 7.86. The van der Waals surface area contributed by atoms with Crippen LogP contribution in [0.15, 0.2) is 0 Å². The fraction of sp³-hybridized carbons (Fsp3) is 0.875. The van der Waals surface area contributed by atoms with Gasteiger partial charge in [-0.1, -0.05) is 13.8 Å². The zero-order chi connectivity index (χ0) is 15.9.